The molecule has 1 fully saturated rings. The van der Waals surface area contributed by atoms with Gasteiger partial charge >= 0.3 is 24.7 Å². The number of hydrogen-bond acceptors (Lipinski definition) is 4. The van der Waals surface area contributed by atoms with Crippen LogP contribution in [-0.2, 0) is 24.7 Å². The Bertz CT molecular complexity index is 1640. The van der Waals surface area contributed by atoms with Crippen LogP contribution in [0.1, 0.15) is 36.1 Å². The Hall–Kier alpha value is -5.02. The van der Waals surface area contributed by atoms with E-state index in [0.29, 0.717) is 5.57 Å². The molecule has 1 saturated heterocycles. The summed E-state index contributed by atoms with van der Waals surface area (Å²) in [5.74, 6) is 0.0920. The monoisotopic (exact) mass is 690 g/mol. The summed E-state index contributed by atoms with van der Waals surface area (Å²) in [4.78, 5) is 0. The summed E-state index contributed by atoms with van der Waals surface area (Å²) in [7, 11) is 0. The van der Waals surface area contributed by atoms with Gasteiger partial charge in [-0.15, -0.1) is 0 Å². The molecule has 0 saturated carbocycles. The standard InChI is InChI=1S/C32H22F12N4/c1-19(2)28-45(24-11-3-20(4-12-24)29(33,34)35)47(26-15-7-22(8-16-26)31(39,40)41)48(27-17-9-23(10-18-27)32(42,43)44)46(28)25-13-5-21(6-14-25)30(36,37)38/h3-18H,1-2H3. The molecule has 254 valence electrons. The lowest BCUT2D eigenvalue weighted by atomic mass is 10.1. The quantitative estimate of drug-likeness (QED) is 0.198. The lowest BCUT2D eigenvalue weighted by molar-refractivity contribution is -0.138. The number of rotatable bonds is 4. The van der Waals surface area contributed by atoms with E-state index in [1.807, 2.05) is 0 Å². The maximum Gasteiger partial charge on any atom is 0.416 e. The zero-order valence-electron chi connectivity index (χ0n) is 24.6. The lowest BCUT2D eigenvalue weighted by Crippen LogP contribution is -2.48. The first-order chi connectivity index (χ1) is 22.2. The van der Waals surface area contributed by atoms with Crippen LogP contribution in [0.15, 0.2) is 108 Å². The molecule has 48 heavy (non-hydrogen) atoms. The molecule has 16 heteroatoms. The highest BCUT2D eigenvalue weighted by atomic mass is 19.4. The fourth-order valence-corrected chi connectivity index (χ4v) is 4.93. The topological polar surface area (TPSA) is 13.0 Å². The molecule has 0 N–H and O–H groups in total. The van der Waals surface area contributed by atoms with Gasteiger partial charge in [-0.3, -0.25) is 0 Å². The van der Waals surface area contributed by atoms with Crippen LogP contribution >= 0.6 is 0 Å². The zero-order chi connectivity index (χ0) is 35.4. The molecule has 0 amide bonds. The van der Waals surface area contributed by atoms with Gasteiger partial charge in [0, 0.05) is 0 Å². The van der Waals surface area contributed by atoms with Gasteiger partial charge in [0.25, 0.3) is 0 Å². The van der Waals surface area contributed by atoms with Crippen LogP contribution in [0.4, 0.5) is 75.4 Å². The SMILES string of the molecule is CC(C)=C1N(c2ccc(C(F)(F)F)cc2)N(c2ccc(C(F)(F)F)cc2)N(c2ccc(C(F)(F)F)cc2)N1c1ccc(C(F)(F)F)cc1. The third-order valence-electron chi connectivity index (χ3n) is 7.14. The summed E-state index contributed by atoms with van der Waals surface area (Å²) >= 11 is 0. The fourth-order valence-electron chi connectivity index (χ4n) is 4.93. The van der Waals surface area contributed by atoms with Crippen LogP contribution in [0.3, 0.4) is 0 Å². The molecule has 1 aliphatic rings. The predicted octanol–water partition coefficient (Wildman–Crippen LogP) is 11.1. The maximum atomic E-state index is 13.5. The van der Waals surface area contributed by atoms with Crippen molar-refractivity contribution in [1.82, 2.24) is 0 Å². The molecule has 0 atom stereocenters. The van der Waals surface area contributed by atoms with Crippen molar-refractivity contribution in [3.63, 3.8) is 0 Å². The van der Waals surface area contributed by atoms with Crippen molar-refractivity contribution in [3.05, 3.63) is 131 Å². The van der Waals surface area contributed by atoms with Gasteiger partial charge in [0.05, 0.1) is 45.0 Å². The fraction of sp³-hybridized carbons (Fsp3) is 0.188. The largest absolute Gasteiger partial charge is 0.416 e. The number of hydrazine groups is 3. The molecule has 4 aromatic carbocycles. The average molecular weight is 691 g/mol. The molecule has 4 aromatic rings. The summed E-state index contributed by atoms with van der Waals surface area (Å²) in [6, 6.07) is 14.4. The Morgan fingerprint density at radius 2 is 0.562 bits per heavy atom. The highest BCUT2D eigenvalue weighted by Crippen LogP contribution is 2.45. The normalized spacial score (nSPS) is 14.7. The van der Waals surface area contributed by atoms with Gasteiger partial charge in [0.1, 0.15) is 0 Å². The summed E-state index contributed by atoms with van der Waals surface area (Å²) in [6.07, 6.45) is -19.0. The van der Waals surface area contributed by atoms with Gasteiger partial charge in [-0.1, -0.05) is 0 Å². The Morgan fingerprint density at radius 3 is 0.750 bits per heavy atom. The van der Waals surface area contributed by atoms with Crippen LogP contribution in [0.2, 0.25) is 0 Å². The van der Waals surface area contributed by atoms with E-state index >= 15 is 0 Å². The maximum absolute atomic E-state index is 13.5. The lowest BCUT2D eigenvalue weighted by Gasteiger charge is -2.37. The first kappa shape index (κ1) is 34.3. The van der Waals surface area contributed by atoms with E-state index in [0.717, 1.165) is 97.1 Å². The van der Waals surface area contributed by atoms with Crippen LogP contribution < -0.4 is 20.3 Å². The minimum Gasteiger partial charge on any atom is -0.215 e. The van der Waals surface area contributed by atoms with E-state index < -0.39 is 47.0 Å². The number of alkyl halides is 12. The number of hydrogen-bond donors (Lipinski definition) is 0. The minimum absolute atomic E-state index is 0.0189. The smallest absolute Gasteiger partial charge is 0.215 e. The van der Waals surface area contributed by atoms with E-state index in [1.54, 1.807) is 13.8 Å². The minimum atomic E-state index is -4.75. The van der Waals surface area contributed by atoms with Gasteiger partial charge in [0.2, 0.25) is 0 Å². The van der Waals surface area contributed by atoms with Crippen LogP contribution in [0.25, 0.3) is 0 Å². The van der Waals surface area contributed by atoms with Gasteiger partial charge < -0.3 is 0 Å². The number of benzene rings is 4. The van der Waals surface area contributed by atoms with E-state index in [2.05, 4.69) is 0 Å². The Labute approximate surface area is 265 Å². The van der Waals surface area contributed by atoms with Gasteiger partial charge in [-0.2, -0.15) is 62.9 Å². The molecule has 1 heterocycles. The Morgan fingerprint density at radius 1 is 0.354 bits per heavy atom. The summed E-state index contributed by atoms with van der Waals surface area (Å²) < 4.78 is 162. The number of halogens is 12. The summed E-state index contributed by atoms with van der Waals surface area (Å²) in [5.41, 5.74) is -3.79. The third kappa shape index (κ3) is 6.69. The molecule has 4 nitrogen and oxygen atoms in total. The molecule has 1 aliphatic heterocycles. The number of nitrogens with zero attached hydrogens (tertiary/aromatic N) is 4. The van der Waals surface area contributed by atoms with Crippen molar-refractivity contribution in [2.75, 3.05) is 20.3 Å². The van der Waals surface area contributed by atoms with Crippen molar-refractivity contribution < 1.29 is 52.7 Å². The van der Waals surface area contributed by atoms with Crippen LogP contribution in [-0.4, -0.2) is 0 Å². The average Bonchev–Trinajstić information content (AvgIpc) is 3.36. The van der Waals surface area contributed by atoms with Crippen LogP contribution in [0.5, 0.6) is 0 Å². The Balaban J connectivity index is 1.80. The summed E-state index contributed by atoms with van der Waals surface area (Å²) in [6.45, 7) is 3.12. The molecule has 0 aliphatic carbocycles. The molecule has 0 aromatic heterocycles. The van der Waals surface area contributed by atoms with Gasteiger partial charge in [0.15, 0.2) is 5.82 Å². The van der Waals surface area contributed by atoms with E-state index in [9.17, 15) is 52.7 Å². The molecule has 0 radical (unpaired) electrons. The summed E-state index contributed by atoms with van der Waals surface area (Å²) in [5, 5.41) is 4.94. The number of allylic oxidation sites excluding steroid dienone is 1. The van der Waals surface area contributed by atoms with Crippen molar-refractivity contribution >= 4 is 22.7 Å². The first-order valence-electron chi connectivity index (χ1n) is 13.7. The molecular weight excluding hydrogens is 668 g/mol. The zero-order valence-corrected chi connectivity index (χ0v) is 24.6. The van der Waals surface area contributed by atoms with Gasteiger partial charge in [-0.05, 0) is 116 Å². The van der Waals surface area contributed by atoms with Crippen molar-refractivity contribution in [1.29, 1.82) is 0 Å². The second-order valence-corrected chi connectivity index (χ2v) is 10.7. The molecule has 0 unspecified atom stereocenters. The van der Waals surface area contributed by atoms with E-state index in [1.165, 1.54) is 20.3 Å². The van der Waals surface area contributed by atoms with Gasteiger partial charge in [-0.25, -0.2) is 10.0 Å². The van der Waals surface area contributed by atoms with E-state index in [-0.39, 0.29) is 28.6 Å². The van der Waals surface area contributed by atoms with Crippen molar-refractivity contribution in [2.24, 2.45) is 0 Å². The predicted molar refractivity (Wildman–Crippen MR) is 154 cm³/mol. The third-order valence-corrected chi connectivity index (χ3v) is 7.14. The van der Waals surface area contributed by atoms with Crippen molar-refractivity contribution in [3.8, 4) is 0 Å². The molecule has 0 bridgehead atoms. The molecular formula is C32H22F12N4. The highest BCUT2D eigenvalue weighted by Gasteiger charge is 2.45. The van der Waals surface area contributed by atoms with Crippen LogP contribution in [0, 0.1) is 0 Å². The van der Waals surface area contributed by atoms with E-state index in [4.69, 9.17) is 0 Å². The second-order valence-electron chi connectivity index (χ2n) is 10.7. The second kappa shape index (κ2) is 11.9. The number of anilines is 4. The molecule has 0 spiro atoms. The Kier molecular flexibility index (Phi) is 8.51. The highest BCUT2D eigenvalue weighted by molar-refractivity contribution is 5.80. The first-order valence-corrected chi connectivity index (χ1v) is 13.7. The van der Waals surface area contributed by atoms with Crippen molar-refractivity contribution in [2.45, 2.75) is 38.6 Å². The molecule has 5 rings (SSSR count).